The van der Waals surface area contributed by atoms with Crippen LogP contribution >= 0.6 is 11.6 Å². The first kappa shape index (κ1) is 12.5. The molecule has 1 aromatic rings. The van der Waals surface area contributed by atoms with Crippen molar-refractivity contribution in [1.82, 2.24) is 0 Å². The van der Waals surface area contributed by atoms with Gasteiger partial charge in [0.1, 0.15) is 12.4 Å². The number of benzene rings is 1. The van der Waals surface area contributed by atoms with E-state index in [-0.39, 0.29) is 12.4 Å². The lowest BCUT2D eigenvalue weighted by molar-refractivity contribution is 0.112. The lowest BCUT2D eigenvalue weighted by Crippen LogP contribution is -2.21. The molecule has 0 heterocycles. The monoisotopic (exact) mass is 238 g/mol. The molecular formula is C11H11ClN2O2. The Labute approximate surface area is 98.5 Å². The number of nitrogens with zero attached hydrogens (tertiary/aromatic N) is 1. The van der Waals surface area contributed by atoms with Crippen molar-refractivity contribution in [2.24, 2.45) is 0 Å². The van der Waals surface area contributed by atoms with E-state index in [1.807, 2.05) is 6.07 Å². The largest absolute Gasteiger partial charge is 0.390 e. The number of anilines is 1. The molecule has 0 aliphatic carbocycles. The maximum atomic E-state index is 10.5. The highest BCUT2D eigenvalue weighted by molar-refractivity contribution is 6.18. The first-order chi connectivity index (χ1) is 7.71. The topological polar surface area (TPSA) is 73.1 Å². The molecule has 1 atom stereocenters. The molecule has 0 amide bonds. The van der Waals surface area contributed by atoms with Crippen LogP contribution in [0.5, 0.6) is 0 Å². The minimum Gasteiger partial charge on any atom is -0.390 e. The highest BCUT2D eigenvalue weighted by atomic mass is 35.5. The van der Waals surface area contributed by atoms with E-state index in [4.69, 9.17) is 16.9 Å². The summed E-state index contributed by atoms with van der Waals surface area (Å²) in [7, 11) is 0. The summed E-state index contributed by atoms with van der Waals surface area (Å²) in [6.07, 6.45) is 0.0112. The molecule has 0 spiro atoms. The summed E-state index contributed by atoms with van der Waals surface area (Å²) in [5.41, 5.74) is 1.39. The molecule has 1 unspecified atom stereocenters. The molecule has 0 saturated heterocycles. The molecule has 2 N–H and O–H groups in total. The van der Waals surface area contributed by atoms with Gasteiger partial charge in [0.25, 0.3) is 0 Å². The molecule has 84 valence electrons. The van der Waals surface area contributed by atoms with Crippen molar-refractivity contribution in [1.29, 1.82) is 5.26 Å². The van der Waals surface area contributed by atoms with Gasteiger partial charge in [-0.1, -0.05) is 0 Å². The molecule has 5 heteroatoms. The van der Waals surface area contributed by atoms with E-state index < -0.39 is 6.10 Å². The molecule has 4 nitrogen and oxygen atoms in total. The summed E-state index contributed by atoms with van der Waals surface area (Å²) in [5.74, 6) is 0.126. The van der Waals surface area contributed by atoms with E-state index in [0.717, 1.165) is 0 Å². The van der Waals surface area contributed by atoms with Crippen LogP contribution < -0.4 is 5.32 Å². The van der Waals surface area contributed by atoms with Gasteiger partial charge >= 0.3 is 0 Å². The second-order valence-corrected chi connectivity index (χ2v) is 3.53. The first-order valence-electron chi connectivity index (χ1n) is 4.68. The number of nitriles is 1. The molecule has 0 bridgehead atoms. The Morgan fingerprint density at radius 3 is 2.94 bits per heavy atom. The minimum atomic E-state index is -0.668. The van der Waals surface area contributed by atoms with Crippen molar-refractivity contribution >= 4 is 23.6 Å². The fraction of sp³-hybridized carbons (Fsp3) is 0.273. The predicted molar refractivity (Wildman–Crippen MR) is 61.8 cm³/mol. The molecule has 0 aliphatic rings. The SMILES string of the molecule is N#Cc1cc(C=O)ccc1NCC(O)CCl. The number of carbonyl (C=O) groups excluding carboxylic acids is 1. The molecule has 0 fully saturated rings. The Morgan fingerprint density at radius 1 is 1.62 bits per heavy atom. The second kappa shape index (κ2) is 6.11. The smallest absolute Gasteiger partial charge is 0.150 e. The average molecular weight is 239 g/mol. The molecule has 1 rings (SSSR count). The van der Waals surface area contributed by atoms with Crippen LogP contribution in [0.2, 0.25) is 0 Å². The summed E-state index contributed by atoms with van der Waals surface area (Å²) in [6.45, 7) is 0.263. The van der Waals surface area contributed by atoms with E-state index in [2.05, 4.69) is 5.32 Å². The minimum absolute atomic E-state index is 0.126. The van der Waals surface area contributed by atoms with Crippen LogP contribution in [0.25, 0.3) is 0 Å². The van der Waals surface area contributed by atoms with Crippen LogP contribution in [0, 0.1) is 11.3 Å². The average Bonchev–Trinajstić information content (AvgIpc) is 2.35. The van der Waals surface area contributed by atoms with Gasteiger partial charge < -0.3 is 10.4 Å². The summed E-state index contributed by atoms with van der Waals surface area (Å²) in [6, 6.07) is 6.69. The lowest BCUT2D eigenvalue weighted by Gasteiger charge is -2.11. The zero-order chi connectivity index (χ0) is 12.0. The number of alkyl halides is 1. The van der Waals surface area contributed by atoms with Crippen molar-refractivity contribution in [2.45, 2.75) is 6.10 Å². The third-order valence-corrected chi connectivity index (χ3v) is 2.36. The van der Waals surface area contributed by atoms with Crippen molar-refractivity contribution in [3.05, 3.63) is 29.3 Å². The van der Waals surface area contributed by atoms with Gasteiger partial charge in [-0.05, 0) is 18.2 Å². The molecule has 16 heavy (non-hydrogen) atoms. The summed E-state index contributed by atoms with van der Waals surface area (Å²) < 4.78 is 0. The molecule has 1 aromatic carbocycles. The van der Waals surface area contributed by atoms with E-state index in [1.54, 1.807) is 12.1 Å². The Bertz CT molecular complexity index is 415. The Hall–Kier alpha value is -1.57. The highest BCUT2D eigenvalue weighted by Crippen LogP contribution is 2.15. The van der Waals surface area contributed by atoms with E-state index in [0.29, 0.717) is 23.1 Å². The van der Waals surface area contributed by atoms with Gasteiger partial charge in [0.2, 0.25) is 0 Å². The Balaban J connectivity index is 2.80. The third kappa shape index (κ3) is 3.23. The van der Waals surface area contributed by atoms with Gasteiger partial charge in [-0.2, -0.15) is 5.26 Å². The quantitative estimate of drug-likeness (QED) is 0.601. The number of aliphatic hydroxyl groups excluding tert-OH is 1. The number of carbonyl (C=O) groups is 1. The number of aliphatic hydroxyl groups is 1. The van der Waals surface area contributed by atoms with Crippen LogP contribution in [0.1, 0.15) is 15.9 Å². The van der Waals surface area contributed by atoms with Gasteiger partial charge in [0.05, 0.1) is 23.2 Å². The lowest BCUT2D eigenvalue weighted by atomic mass is 10.1. The van der Waals surface area contributed by atoms with Crippen LogP contribution in [0.4, 0.5) is 5.69 Å². The molecule has 0 aromatic heterocycles. The maximum absolute atomic E-state index is 10.5. The number of nitrogens with one attached hydrogen (secondary N) is 1. The summed E-state index contributed by atoms with van der Waals surface area (Å²) in [5, 5.41) is 21.0. The Kier molecular flexibility index (Phi) is 4.77. The zero-order valence-electron chi connectivity index (χ0n) is 8.48. The summed E-state index contributed by atoms with van der Waals surface area (Å²) >= 11 is 5.44. The van der Waals surface area contributed by atoms with Crippen molar-refractivity contribution < 1.29 is 9.90 Å². The standard InChI is InChI=1S/C11H11ClN2O2/c12-4-10(16)6-14-11-2-1-8(7-15)3-9(11)5-13/h1-3,7,10,14,16H,4,6H2. The van der Waals surface area contributed by atoms with Crippen LogP contribution in [-0.2, 0) is 0 Å². The number of aldehydes is 1. The van der Waals surface area contributed by atoms with E-state index in [1.165, 1.54) is 6.07 Å². The van der Waals surface area contributed by atoms with Crippen LogP contribution in [0.15, 0.2) is 18.2 Å². The molecule has 0 radical (unpaired) electrons. The number of hydrogen-bond donors (Lipinski definition) is 2. The summed E-state index contributed by atoms with van der Waals surface area (Å²) in [4.78, 5) is 10.5. The van der Waals surface area contributed by atoms with E-state index >= 15 is 0 Å². The van der Waals surface area contributed by atoms with Crippen LogP contribution in [0.3, 0.4) is 0 Å². The number of rotatable bonds is 5. The Morgan fingerprint density at radius 2 is 2.38 bits per heavy atom. The molecular weight excluding hydrogens is 228 g/mol. The van der Waals surface area contributed by atoms with Gasteiger partial charge in [0.15, 0.2) is 0 Å². The normalized spacial score (nSPS) is 11.6. The van der Waals surface area contributed by atoms with Crippen LogP contribution in [-0.4, -0.2) is 29.9 Å². The van der Waals surface area contributed by atoms with Crippen molar-refractivity contribution in [3.8, 4) is 6.07 Å². The van der Waals surface area contributed by atoms with Crippen molar-refractivity contribution in [3.63, 3.8) is 0 Å². The second-order valence-electron chi connectivity index (χ2n) is 3.22. The fourth-order valence-corrected chi connectivity index (χ4v) is 1.27. The molecule has 0 saturated carbocycles. The first-order valence-corrected chi connectivity index (χ1v) is 5.22. The number of halogens is 1. The van der Waals surface area contributed by atoms with Gasteiger partial charge in [0, 0.05) is 12.1 Å². The van der Waals surface area contributed by atoms with E-state index in [9.17, 15) is 9.90 Å². The van der Waals surface area contributed by atoms with Gasteiger partial charge in [-0.3, -0.25) is 4.79 Å². The highest BCUT2D eigenvalue weighted by Gasteiger charge is 2.05. The predicted octanol–water partition coefficient (Wildman–Crippen LogP) is 1.38. The number of hydrogen-bond acceptors (Lipinski definition) is 4. The zero-order valence-corrected chi connectivity index (χ0v) is 9.24. The molecule has 0 aliphatic heterocycles. The van der Waals surface area contributed by atoms with Gasteiger partial charge in [-0.15, -0.1) is 11.6 Å². The van der Waals surface area contributed by atoms with Crippen molar-refractivity contribution in [2.75, 3.05) is 17.7 Å². The maximum Gasteiger partial charge on any atom is 0.150 e. The fourth-order valence-electron chi connectivity index (χ4n) is 1.16. The third-order valence-electron chi connectivity index (χ3n) is 2.01. The van der Waals surface area contributed by atoms with Gasteiger partial charge in [-0.25, -0.2) is 0 Å².